The molecule has 20 heavy (non-hydrogen) atoms. The van der Waals surface area contributed by atoms with E-state index in [0.29, 0.717) is 12.6 Å². The third-order valence-corrected chi connectivity index (χ3v) is 2.67. The number of hydrogen-bond donors (Lipinski definition) is 2. The van der Waals surface area contributed by atoms with Crippen molar-refractivity contribution in [3.8, 4) is 0 Å². The van der Waals surface area contributed by atoms with Crippen LogP contribution in [0.2, 0.25) is 0 Å². The molecule has 2 N–H and O–H groups in total. The smallest absolute Gasteiger partial charge is 0.254 e. The highest BCUT2D eigenvalue weighted by molar-refractivity contribution is 5.94. The minimum absolute atomic E-state index is 0.105. The van der Waals surface area contributed by atoms with E-state index in [1.807, 2.05) is 6.92 Å². The predicted octanol–water partition coefficient (Wildman–Crippen LogP) is 2.00. The van der Waals surface area contributed by atoms with Gasteiger partial charge in [-0.1, -0.05) is 13.3 Å². The first-order chi connectivity index (χ1) is 9.54. The topological polar surface area (TPSA) is 58.2 Å². The second-order valence-electron chi connectivity index (χ2n) is 4.33. The fourth-order valence-corrected chi connectivity index (χ4v) is 1.55. The predicted molar refractivity (Wildman–Crippen MR) is 71.2 cm³/mol. The van der Waals surface area contributed by atoms with Crippen LogP contribution in [0.1, 0.15) is 36.5 Å². The quantitative estimate of drug-likeness (QED) is 0.752. The first kappa shape index (κ1) is 16.1. The second-order valence-corrected chi connectivity index (χ2v) is 4.33. The molecule has 1 aromatic rings. The Morgan fingerprint density at radius 1 is 1.15 bits per heavy atom. The van der Waals surface area contributed by atoms with Crippen LogP contribution in [-0.4, -0.2) is 24.9 Å². The summed E-state index contributed by atoms with van der Waals surface area (Å²) >= 11 is 0. The Balaban J connectivity index is 2.34. The monoisotopic (exact) mass is 284 g/mol. The average Bonchev–Trinajstić information content (AvgIpc) is 2.38. The van der Waals surface area contributed by atoms with Gasteiger partial charge in [0.15, 0.2) is 0 Å². The highest BCUT2D eigenvalue weighted by atomic mass is 19.1. The Hall–Kier alpha value is -1.98. The molecule has 1 rings (SSSR count). The zero-order valence-corrected chi connectivity index (χ0v) is 11.3. The summed E-state index contributed by atoms with van der Waals surface area (Å²) in [7, 11) is 0. The van der Waals surface area contributed by atoms with E-state index in [1.165, 1.54) is 0 Å². The van der Waals surface area contributed by atoms with Crippen LogP contribution in [0.5, 0.6) is 0 Å². The molecule has 0 radical (unpaired) electrons. The highest BCUT2D eigenvalue weighted by Gasteiger charge is 2.12. The molecule has 0 aliphatic heterocycles. The molecular weight excluding hydrogens is 266 g/mol. The van der Waals surface area contributed by atoms with Crippen LogP contribution >= 0.6 is 0 Å². The molecule has 0 fully saturated rings. The molecule has 0 spiro atoms. The van der Waals surface area contributed by atoms with Crippen molar-refractivity contribution in [2.45, 2.75) is 26.2 Å². The molecule has 0 aromatic heterocycles. The highest BCUT2D eigenvalue weighted by Crippen LogP contribution is 2.09. The number of rotatable bonds is 7. The maximum atomic E-state index is 13.3. The first-order valence-electron chi connectivity index (χ1n) is 6.54. The third-order valence-electron chi connectivity index (χ3n) is 2.67. The van der Waals surface area contributed by atoms with Gasteiger partial charge in [-0.3, -0.25) is 9.59 Å². The van der Waals surface area contributed by atoms with E-state index in [-0.39, 0.29) is 24.4 Å². The van der Waals surface area contributed by atoms with Gasteiger partial charge in [0.25, 0.3) is 5.91 Å². The molecular formula is C14H18F2N2O2. The Kier molecular flexibility index (Phi) is 6.63. The van der Waals surface area contributed by atoms with E-state index in [1.54, 1.807) is 0 Å². The lowest BCUT2D eigenvalue weighted by Gasteiger charge is -2.07. The molecule has 0 heterocycles. The molecule has 0 saturated heterocycles. The molecule has 0 bridgehead atoms. The summed E-state index contributed by atoms with van der Waals surface area (Å²) < 4.78 is 26.0. The van der Waals surface area contributed by atoms with Crippen LogP contribution in [-0.2, 0) is 4.79 Å². The zero-order chi connectivity index (χ0) is 15.0. The lowest BCUT2D eigenvalue weighted by molar-refractivity contribution is -0.120. The van der Waals surface area contributed by atoms with Crippen LogP contribution in [0.25, 0.3) is 0 Å². The van der Waals surface area contributed by atoms with Crippen LogP contribution in [0.15, 0.2) is 18.2 Å². The van der Waals surface area contributed by atoms with Crippen molar-refractivity contribution >= 4 is 11.8 Å². The lowest BCUT2D eigenvalue weighted by Crippen LogP contribution is -2.31. The second kappa shape index (κ2) is 8.24. The molecule has 110 valence electrons. The molecule has 0 unspecified atom stereocenters. The summed E-state index contributed by atoms with van der Waals surface area (Å²) in [6, 6.07) is 2.73. The first-order valence-corrected chi connectivity index (χ1v) is 6.54. The van der Waals surface area contributed by atoms with Gasteiger partial charge in [-0.25, -0.2) is 8.78 Å². The van der Waals surface area contributed by atoms with Gasteiger partial charge in [-0.2, -0.15) is 0 Å². The molecule has 1 aromatic carbocycles. The largest absolute Gasteiger partial charge is 0.356 e. The standard InChI is InChI=1S/C14H18F2N2O2/c1-2-3-7-17-13(19)6-8-18-14(20)11-5-4-10(15)9-12(11)16/h4-5,9H,2-3,6-8H2,1H3,(H,17,19)(H,18,20). The van der Waals surface area contributed by atoms with Gasteiger partial charge in [0, 0.05) is 25.6 Å². The molecule has 6 heteroatoms. The number of hydrogen-bond acceptors (Lipinski definition) is 2. The van der Waals surface area contributed by atoms with Crippen LogP contribution in [0.4, 0.5) is 8.78 Å². The fraction of sp³-hybridized carbons (Fsp3) is 0.429. The van der Waals surface area contributed by atoms with Gasteiger partial charge in [0.05, 0.1) is 5.56 Å². The van der Waals surface area contributed by atoms with Gasteiger partial charge < -0.3 is 10.6 Å². The average molecular weight is 284 g/mol. The van der Waals surface area contributed by atoms with Gasteiger partial charge in [-0.05, 0) is 18.6 Å². The van der Waals surface area contributed by atoms with E-state index in [2.05, 4.69) is 10.6 Å². The number of carbonyl (C=O) groups excluding carboxylic acids is 2. The van der Waals surface area contributed by atoms with E-state index >= 15 is 0 Å². The van der Waals surface area contributed by atoms with E-state index in [9.17, 15) is 18.4 Å². The van der Waals surface area contributed by atoms with Gasteiger partial charge >= 0.3 is 0 Å². The summed E-state index contributed by atoms with van der Waals surface area (Å²) in [4.78, 5) is 23.0. The lowest BCUT2D eigenvalue weighted by atomic mass is 10.2. The Morgan fingerprint density at radius 3 is 2.55 bits per heavy atom. The summed E-state index contributed by atoms with van der Waals surface area (Å²) in [5, 5.41) is 5.12. The van der Waals surface area contributed by atoms with Crippen molar-refractivity contribution in [3.05, 3.63) is 35.4 Å². The van der Waals surface area contributed by atoms with Gasteiger partial charge in [0.1, 0.15) is 11.6 Å². The SMILES string of the molecule is CCCCNC(=O)CCNC(=O)c1ccc(F)cc1F. The fourth-order valence-electron chi connectivity index (χ4n) is 1.55. The summed E-state index contributed by atoms with van der Waals surface area (Å²) in [5.41, 5.74) is -0.238. The Labute approximate surface area is 116 Å². The number of unbranched alkanes of at least 4 members (excludes halogenated alkanes) is 1. The number of nitrogens with one attached hydrogen (secondary N) is 2. The van der Waals surface area contributed by atoms with Crippen molar-refractivity contribution in [1.29, 1.82) is 0 Å². The minimum atomic E-state index is -0.921. The molecule has 0 atom stereocenters. The minimum Gasteiger partial charge on any atom is -0.356 e. The number of carbonyl (C=O) groups is 2. The zero-order valence-electron chi connectivity index (χ0n) is 11.3. The third kappa shape index (κ3) is 5.34. The molecule has 0 aliphatic rings. The summed E-state index contributed by atoms with van der Waals surface area (Å²) in [6.45, 7) is 2.73. The van der Waals surface area contributed by atoms with Crippen molar-refractivity contribution in [3.63, 3.8) is 0 Å². The molecule has 4 nitrogen and oxygen atoms in total. The molecule has 2 amide bonds. The van der Waals surface area contributed by atoms with Crippen molar-refractivity contribution in [2.75, 3.05) is 13.1 Å². The van der Waals surface area contributed by atoms with Crippen LogP contribution < -0.4 is 10.6 Å². The summed E-state index contributed by atoms with van der Waals surface area (Å²) in [5.74, 6) is -2.49. The Bertz CT molecular complexity index is 478. The molecule has 0 saturated carbocycles. The maximum Gasteiger partial charge on any atom is 0.254 e. The Morgan fingerprint density at radius 2 is 1.90 bits per heavy atom. The van der Waals surface area contributed by atoms with Crippen molar-refractivity contribution < 1.29 is 18.4 Å². The summed E-state index contributed by atoms with van der Waals surface area (Å²) in [6.07, 6.45) is 2.01. The number of amides is 2. The van der Waals surface area contributed by atoms with Crippen LogP contribution in [0.3, 0.4) is 0 Å². The van der Waals surface area contributed by atoms with E-state index < -0.39 is 17.5 Å². The van der Waals surface area contributed by atoms with Crippen molar-refractivity contribution in [1.82, 2.24) is 10.6 Å². The van der Waals surface area contributed by atoms with Crippen LogP contribution in [0, 0.1) is 11.6 Å². The van der Waals surface area contributed by atoms with E-state index in [4.69, 9.17) is 0 Å². The van der Waals surface area contributed by atoms with Gasteiger partial charge in [0.2, 0.25) is 5.91 Å². The molecule has 0 aliphatic carbocycles. The van der Waals surface area contributed by atoms with E-state index in [0.717, 1.165) is 25.0 Å². The normalized spacial score (nSPS) is 10.2. The van der Waals surface area contributed by atoms with Gasteiger partial charge in [-0.15, -0.1) is 0 Å². The van der Waals surface area contributed by atoms with Crippen molar-refractivity contribution in [2.24, 2.45) is 0 Å². The number of benzene rings is 1. The number of halogens is 2. The maximum absolute atomic E-state index is 13.3.